The van der Waals surface area contributed by atoms with Crippen LogP contribution in [0.4, 0.5) is 11.8 Å². The molecular formula is C19H26N4. The van der Waals surface area contributed by atoms with Gasteiger partial charge in [0, 0.05) is 32.4 Å². The average Bonchev–Trinajstić information content (AvgIpc) is 2.62. The van der Waals surface area contributed by atoms with Gasteiger partial charge >= 0.3 is 0 Å². The van der Waals surface area contributed by atoms with E-state index in [1.54, 1.807) is 0 Å². The number of rotatable bonds is 5. The lowest BCUT2D eigenvalue weighted by Crippen LogP contribution is -2.40. The molecule has 0 bridgehead atoms. The number of nitrogens with zero attached hydrogens (tertiary/aromatic N) is 4. The molecule has 122 valence electrons. The molecular weight excluding hydrogens is 284 g/mol. The Labute approximate surface area is 139 Å². The molecule has 1 aromatic carbocycles. The van der Waals surface area contributed by atoms with Crippen LogP contribution in [0.15, 0.2) is 42.6 Å². The molecule has 1 aromatic heterocycles. The summed E-state index contributed by atoms with van der Waals surface area (Å²) >= 11 is 0. The van der Waals surface area contributed by atoms with E-state index >= 15 is 0 Å². The summed E-state index contributed by atoms with van der Waals surface area (Å²) in [6.45, 7) is 4.19. The van der Waals surface area contributed by atoms with Gasteiger partial charge in [-0.3, -0.25) is 0 Å². The molecule has 2 aromatic rings. The van der Waals surface area contributed by atoms with Gasteiger partial charge in [0.25, 0.3) is 0 Å². The minimum atomic E-state index is 0.582. The predicted molar refractivity (Wildman–Crippen MR) is 95.9 cm³/mol. The second kappa shape index (κ2) is 7.44. The molecule has 1 fully saturated rings. The fourth-order valence-corrected chi connectivity index (χ4v) is 3.32. The van der Waals surface area contributed by atoms with Gasteiger partial charge in [0.05, 0.1) is 0 Å². The van der Waals surface area contributed by atoms with E-state index < -0.39 is 0 Å². The van der Waals surface area contributed by atoms with Gasteiger partial charge in [-0.05, 0) is 37.3 Å². The molecule has 0 spiro atoms. The van der Waals surface area contributed by atoms with Gasteiger partial charge in [-0.2, -0.15) is 4.98 Å². The highest BCUT2D eigenvalue weighted by molar-refractivity contribution is 5.44. The van der Waals surface area contributed by atoms with Crippen LogP contribution in [-0.4, -0.2) is 29.6 Å². The normalized spacial score (nSPS) is 18.0. The Morgan fingerprint density at radius 2 is 2.00 bits per heavy atom. The van der Waals surface area contributed by atoms with E-state index in [9.17, 15) is 0 Å². The van der Waals surface area contributed by atoms with Crippen molar-refractivity contribution in [3.05, 3.63) is 48.2 Å². The van der Waals surface area contributed by atoms with Crippen molar-refractivity contribution in [2.45, 2.75) is 45.2 Å². The van der Waals surface area contributed by atoms with Crippen LogP contribution in [0.1, 0.15) is 38.2 Å². The van der Waals surface area contributed by atoms with E-state index in [1.165, 1.54) is 24.8 Å². The van der Waals surface area contributed by atoms with Crippen LogP contribution in [0.5, 0.6) is 0 Å². The van der Waals surface area contributed by atoms with Crippen molar-refractivity contribution in [1.29, 1.82) is 0 Å². The average molecular weight is 310 g/mol. The number of piperidine rings is 1. The van der Waals surface area contributed by atoms with Gasteiger partial charge in [-0.25, -0.2) is 4.98 Å². The summed E-state index contributed by atoms with van der Waals surface area (Å²) in [7, 11) is 2.09. The number of benzene rings is 1. The number of aromatic nitrogens is 2. The molecule has 1 unspecified atom stereocenters. The Morgan fingerprint density at radius 3 is 2.78 bits per heavy atom. The zero-order valence-corrected chi connectivity index (χ0v) is 14.2. The van der Waals surface area contributed by atoms with Crippen LogP contribution < -0.4 is 9.80 Å². The molecule has 1 atom stereocenters. The molecule has 4 heteroatoms. The van der Waals surface area contributed by atoms with Crippen molar-refractivity contribution in [2.24, 2.45) is 0 Å². The van der Waals surface area contributed by atoms with E-state index in [-0.39, 0.29) is 0 Å². The third-order valence-electron chi connectivity index (χ3n) is 4.64. The van der Waals surface area contributed by atoms with Crippen LogP contribution in [-0.2, 0) is 6.54 Å². The molecule has 0 radical (unpaired) electrons. The lowest BCUT2D eigenvalue weighted by atomic mass is 10.0. The minimum Gasteiger partial charge on any atom is -0.355 e. The fourth-order valence-electron chi connectivity index (χ4n) is 3.32. The summed E-state index contributed by atoms with van der Waals surface area (Å²) in [4.78, 5) is 13.9. The van der Waals surface area contributed by atoms with Crippen molar-refractivity contribution in [3.63, 3.8) is 0 Å². The maximum atomic E-state index is 4.83. The van der Waals surface area contributed by atoms with Crippen LogP contribution in [0.2, 0.25) is 0 Å². The molecule has 4 nitrogen and oxygen atoms in total. The molecule has 23 heavy (non-hydrogen) atoms. The number of hydrogen-bond acceptors (Lipinski definition) is 4. The highest BCUT2D eigenvalue weighted by atomic mass is 15.3. The maximum absolute atomic E-state index is 4.83. The zero-order chi connectivity index (χ0) is 16.1. The van der Waals surface area contributed by atoms with Gasteiger partial charge in [0.1, 0.15) is 5.82 Å². The number of hydrogen-bond donors (Lipinski definition) is 0. The van der Waals surface area contributed by atoms with Gasteiger partial charge in [0.15, 0.2) is 0 Å². The van der Waals surface area contributed by atoms with Crippen LogP contribution in [0.3, 0.4) is 0 Å². The lowest BCUT2D eigenvalue weighted by molar-refractivity contribution is 0.443. The molecule has 0 amide bonds. The van der Waals surface area contributed by atoms with Gasteiger partial charge in [-0.1, -0.05) is 37.3 Å². The van der Waals surface area contributed by atoms with Gasteiger partial charge in [0.2, 0.25) is 5.95 Å². The molecule has 1 aliphatic rings. The van der Waals surface area contributed by atoms with Crippen molar-refractivity contribution in [3.8, 4) is 0 Å². The topological polar surface area (TPSA) is 32.3 Å². The first-order valence-electron chi connectivity index (χ1n) is 8.62. The van der Waals surface area contributed by atoms with Crippen molar-refractivity contribution in [2.75, 3.05) is 23.4 Å². The van der Waals surface area contributed by atoms with E-state index in [0.717, 1.165) is 31.3 Å². The highest BCUT2D eigenvalue weighted by Gasteiger charge is 2.23. The van der Waals surface area contributed by atoms with Crippen molar-refractivity contribution >= 4 is 11.8 Å². The summed E-state index contributed by atoms with van der Waals surface area (Å²) in [5.74, 6) is 1.87. The first-order chi connectivity index (χ1) is 11.3. The van der Waals surface area contributed by atoms with Gasteiger partial charge in [-0.15, -0.1) is 0 Å². The van der Waals surface area contributed by atoms with Crippen LogP contribution in [0, 0.1) is 0 Å². The smallest absolute Gasteiger partial charge is 0.227 e. The Kier molecular flexibility index (Phi) is 5.11. The molecule has 0 saturated carbocycles. The van der Waals surface area contributed by atoms with E-state index in [4.69, 9.17) is 4.98 Å². The maximum Gasteiger partial charge on any atom is 0.227 e. The summed E-state index contributed by atoms with van der Waals surface area (Å²) < 4.78 is 0. The molecule has 3 rings (SSSR count). The second-order valence-corrected chi connectivity index (χ2v) is 6.31. The van der Waals surface area contributed by atoms with E-state index in [2.05, 4.69) is 53.0 Å². The standard InChI is InChI=1S/C19H26N4/c1-3-17-11-7-8-14-23(17)19-20-13-12-18(21-19)22(2)15-16-9-5-4-6-10-16/h4-6,9-10,12-13,17H,3,7-8,11,14-15H2,1-2H3. The summed E-state index contributed by atoms with van der Waals surface area (Å²) in [6, 6.07) is 13.1. The van der Waals surface area contributed by atoms with Crippen LogP contribution >= 0.6 is 0 Å². The highest BCUT2D eigenvalue weighted by Crippen LogP contribution is 2.25. The molecule has 1 saturated heterocycles. The summed E-state index contributed by atoms with van der Waals surface area (Å²) in [5.41, 5.74) is 1.29. The predicted octanol–water partition coefficient (Wildman–Crippen LogP) is 3.88. The Morgan fingerprint density at radius 1 is 1.17 bits per heavy atom. The van der Waals surface area contributed by atoms with E-state index in [0.29, 0.717) is 6.04 Å². The molecule has 1 aliphatic heterocycles. The minimum absolute atomic E-state index is 0.582. The third kappa shape index (κ3) is 3.81. The number of anilines is 2. The summed E-state index contributed by atoms with van der Waals surface area (Å²) in [5, 5.41) is 0. The summed E-state index contributed by atoms with van der Waals surface area (Å²) in [6.07, 6.45) is 6.87. The largest absolute Gasteiger partial charge is 0.355 e. The first kappa shape index (κ1) is 15.8. The Hall–Kier alpha value is -2.10. The molecule has 2 heterocycles. The monoisotopic (exact) mass is 310 g/mol. The quantitative estimate of drug-likeness (QED) is 0.839. The van der Waals surface area contributed by atoms with Crippen molar-refractivity contribution in [1.82, 2.24) is 9.97 Å². The molecule has 0 N–H and O–H groups in total. The van der Waals surface area contributed by atoms with Crippen molar-refractivity contribution < 1.29 is 0 Å². The third-order valence-corrected chi connectivity index (χ3v) is 4.64. The van der Waals surface area contributed by atoms with Gasteiger partial charge < -0.3 is 9.80 Å². The fraction of sp³-hybridized carbons (Fsp3) is 0.474. The first-order valence-corrected chi connectivity index (χ1v) is 8.62. The Bertz CT molecular complexity index is 614. The Balaban J connectivity index is 1.76. The zero-order valence-electron chi connectivity index (χ0n) is 14.2. The lowest BCUT2D eigenvalue weighted by Gasteiger charge is -2.35. The van der Waals surface area contributed by atoms with Crippen LogP contribution in [0.25, 0.3) is 0 Å². The second-order valence-electron chi connectivity index (χ2n) is 6.31. The molecule has 0 aliphatic carbocycles. The van der Waals surface area contributed by atoms with E-state index in [1.807, 2.05) is 18.3 Å². The SMILES string of the molecule is CCC1CCCCN1c1nccc(N(C)Cc2ccccc2)n1.